The van der Waals surface area contributed by atoms with Crippen LogP contribution in [-0.4, -0.2) is 48.0 Å². The highest BCUT2D eigenvalue weighted by atomic mass is 16.5. The molecule has 0 unspecified atom stereocenters. The number of rotatable bonds is 8. The number of likely N-dealkylation sites (N-methyl/N-ethyl adjacent to an activating group) is 1. The van der Waals surface area contributed by atoms with E-state index in [2.05, 4.69) is 22.2 Å². The van der Waals surface area contributed by atoms with Gasteiger partial charge in [0.2, 0.25) is 5.91 Å². The summed E-state index contributed by atoms with van der Waals surface area (Å²) in [5.41, 5.74) is 3.08. The molecule has 24 heavy (non-hydrogen) atoms. The first-order valence-corrected chi connectivity index (χ1v) is 8.35. The van der Waals surface area contributed by atoms with E-state index in [0.29, 0.717) is 19.4 Å². The second-order valence-electron chi connectivity index (χ2n) is 6.41. The Morgan fingerprint density at radius 1 is 1.12 bits per heavy atom. The van der Waals surface area contributed by atoms with E-state index in [1.165, 1.54) is 0 Å². The summed E-state index contributed by atoms with van der Waals surface area (Å²) in [6, 6.07) is 10.1. The van der Waals surface area contributed by atoms with Gasteiger partial charge in [-0.15, -0.1) is 0 Å². The molecule has 130 valence electrons. The molecule has 1 aromatic carbocycles. The van der Waals surface area contributed by atoms with Crippen LogP contribution in [0.15, 0.2) is 34.9 Å². The Morgan fingerprint density at radius 2 is 1.83 bits per heavy atom. The molecule has 0 aliphatic carbocycles. The highest BCUT2D eigenvalue weighted by Crippen LogP contribution is 2.15. The zero-order chi connectivity index (χ0) is 17.5. The molecule has 0 saturated heterocycles. The quantitative estimate of drug-likeness (QED) is 0.747. The lowest BCUT2D eigenvalue weighted by atomic mass is 10.1. The second kappa shape index (κ2) is 8.64. The number of aromatic nitrogens is 1. The molecule has 1 heterocycles. The van der Waals surface area contributed by atoms with E-state index in [1.807, 2.05) is 51.0 Å². The maximum atomic E-state index is 12.7. The van der Waals surface area contributed by atoms with Gasteiger partial charge < -0.3 is 14.3 Å². The average molecular weight is 329 g/mol. The SMILES string of the molecule is Cc1noc(C)c1CCC(=O)N(CCN(C)C)Cc1ccccc1. The Kier molecular flexibility index (Phi) is 6.55. The predicted molar refractivity (Wildman–Crippen MR) is 94.7 cm³/mol. The lowest BCUT2D eigenvalue weighted by Gasteiger charge is -2.24. The standard InChI is InChI=1S/C19H27N3O2/c1-15-18(16(2)24-20-15)10-11-19(23)22(13-12-21(3)4)14-17-8-6-5-7-9-17/h5-9H,10-14H2,1-4H3. The van der Waals surface area contributed by atoms with Crippen LogP contribution >= 0.6 is 0 Å². The number of benzene rings is 1. The second-order valence-corrected chi connectivity index (χ2v) is 6.41. The van der Waals surface area contributed by atoms with Gasteiger partial charge in [-0.1, -0.05) is 35.5 Å². The fourth-order valence-corrected chi connectivity index (χ4v) is 2.67. The van der Waals surface area contributed by atoms with Crippen molar-refractivity contribution in [1.29, 1.82) is 0 Å². The predicted octanol–water partition coefficient (Wildman–Crippen LogP) is 2.81. The Labute approximate surface area is 144 Å². The van der Waals surface area contributed by atoms with E-state index in [-0.39, 0.29) is 5.91 Å². The average Bonchev–Trinajstić information content (AvgIpc) is 2.88. The summed E-state index contributed by atoms with van der Waals surface area (Å²) in [5, 5.41) is 3.96. The number of carbonyl (C=O) groups excluding carboxylic acids is 1. The van der Waals surface area contributed by atoms with Gasteiger partial charge in [0.15, 0.2) is 0 Å². The van der Waals surface area contributed by atoms with E-state index in [9.17, 15) is 4.79 Å². The van der Waals surface area contributed by atoms with Gasteiger partial charge in [-0.3, -0.25) is 4.79 Å². The molecule has 0 saturated carbocycles. The summed E-state index contributed by atoms with van der Waals surface area (Å²) in [7, 11) is 4.05. The maximum Gasteiger partial charge on any atom is 0.223 e. The van der Waals surface area contributed by atoms with Crippen molar-refractivity contribution in [3.05, 3.63) is 52.9 Å². The fraction of sp³-hybridized carbons (Fsp3) is 0.474. The maximum absolute atomic E-state index is 12.7. The number of amides is 1. The minimum atomic E-state index is 0.167. The molecule has 1 aromatic heterocycles. The van der Waals surface area contributed by atoms with Gasteiger partial charge in [-0.05, 0) is 39.9 Å². The third-order valence-corrected chi connectivity index (χ3v) is 4.16. The molecular weight excluding hydrogens is 302 g/mol. The molecule has 5 heteroatoms. The van der Waals surface area contributed by atoms with Crippen LogP contribution < -0.4 is 0 Å². The molecule has 0 radical (unpaired) electrons. The lowest BCUT2D eigenvalue weighted by Crippen LogP contribution is -2.36. The highest BCUT2D eigenvalue weighted by molar-refractivity contribution is 5.76. The summed E-state index contributed by atoms with van der Waals surface area (Å²) in [6.45, 7) is 6.04. The van der Waals surface area contributed by atoms with Crippen LogP contribution in [0.2, 0.25) is 0 Å². The molecule has 0 bridgehead atoms. The minimum absolute atomic E-state index is 0.167. The summed E-state index contributed by atoms with van der Waals surface area (Å²) in [6.07, 6.45) is 1.15. The van der Waals surface area contributed by atoms with Gasteiger partial charge >= 0.3 is 0 Å². The number of hydrogen-bond acceptors (Lipinski definition) is 4. The molecule has 0 aliphatic heterocycles. The molecule has 1 amide bonds. The zero-order valence-electron chi connectivity index (χ0n) is 15.1. The fourth-order valence-electron chi connectivity index (χ4n) is 2.67. The van der Waals surface area contributed by atoms with E-state index < -0.39 is 0 Å². The van der Waals surface area contributed by atoms with Gasteiger partial charge in [0.05, 0.1) is 5.69 Å². The topological polar surface area (TPSA) is 49.6 Å². The largest absolute Gasteiger partial charge is 0.361 e. The van der Waals surface area contributed by atoms with Gasteiger partial charge in [0.1, 0.15) is 5.76 Å². The van der Waals surface area contributed by atoms with Crippen LogP contribution in [0.25, 0.3) is 0 Å². The monoisotopic (exact) mass is 329 g/mol. The smallest absolute Gasteiger partial charge is 0.223 e. The third kappa shape index (κ3) is 5.20. The van der Waals surface area contributed by atoms with Crippen LogP contribution in [-0.2, 0) is 17.8 Å². The Morgan fingerprint density at radius 3 is 2.42 bits per heavy atom. The van der Waals surface area contributed by atoms with Crippen LogP contribution in [0.4, 0.5) is 0 Å². The number of carbonyl (C=O) groups is 1. The zero-order valence-corrected chi connectivity index (χ0v) is 15.1. The molecular formula is C19H27N3O2. The molecule has 0 spiro atoms. The number of hydrogen-bond donors (Lipinski definition) is 0. The molecule has 0 fully saturated rings. The molecule has 0 aliphatic rings. The molecule has 5 nitrogen and oxygen atoms in total. The van der Waals surface area contributed by atoms with Crippen molar-refractivity contribution >= 4 is 5.91 Å². The van der Waals surface area contributed by atoms with Gasteiger partial charge in [0.25, 0.3) is 0 Å². The van der Waals surface area contributed by atoms with Crippen molar-refractivity contribution in [3.8, 4) is 0 Å². The summed E-state index contributed by atoms with van der Waals surface area (Å²) >= 11 is 0. The Balaban J connectivity index is 2.00. The van der Waals surface area contributed by atoms with Crippen molar-refractivity contribution in [2.24, 2.45) is 0 Å². The van der Waals surface area contributed by atoms with Crippen LogP contribution in [0.5, 0.6) is 0 Å². The first-order valence-electron chi connectivity index (χ1n) is 8.35. The first kappa shape index (κ1) is 18.2. The molecule has 2 rings (SSSR count). The molecule has 0 atom stereocenters. The summed E-state index contributed by atoms with van der Waals surface area (Å²) in [4.78, 5) is 16.8. The van der Waals surface area contributed by atoms with E-state index in [4.69, 9.17) is 4.52 Å². The van der Waals surface area contributed by atoms with Crippen LogP contribution in [0, 0.1) is 13.8 Å². The van der Waals surface area contributed by atoms with E-state index in [0.717, 1.165) is 35.7 Å². The van der Waals surface area contributed by atoms with Crippen LogP contribution in [0.3, 0.4) is 0 Å². The third-order valence-electron chi connectivity index (χ3n) is 4.16. The van der Waals surface area contributed by atoms with Crippen molar-refractivity contribution in [3.63, 3.8) is 0 Å². The lowest BCUT2D eigenvalue weighted by molar-refractivity contribution is -0.131. The van der Waals surface area contributed by atoms with Crippen molar-refractivity contribution < 1.29 is 9.32 Å². The number of aryl methyl sites for hydroxylation is 2. The normalized spacial score (nSPS) is 11.0. The van der Waals surface area contributed by atoms with Gasteiger partial charge in [-0.2, -0.15) is 0 Å². The van der Waals surface area contributed by atoms with Crippen molar-refractivity contribution in [2.75, 3.05) is 27.2 Å². The molecule has 2 aromatic rings. The molecule has 0 N–H and O–H groups in total. The van der Waals surface area contributed by atoms with E-state index >= 15 is 0 Å². The minimum Gasteiger partial charge on any atom is -0.361 e. The Bertz CT molecular complexity index is 630. The van der Waals surface area contributed by atoms with Gasteiger partial charge in [-0.25, -0.2) is 0 Å². The van der Waals surface area contributed by atoms with E-state index in [1.54, 1.807) is 0 Å². The summed E-state index contributed by atoms with van der Waals surface area (Å²) in [5.74, 6) is 0.976. The van der Waals surface area contributed by atoms with Crippen LogP contribution in [0.1, 0.15) is 29.0 Å². The van der Waals surface area contributed by atoms with Gasteiger partial charge in [0, 0.05) is 31.6 Å². The van der Waals surface area contributed by atoms with Crippen molar-refractivity contribution in [2.45, 2.75) is 33.2 Å². The highest BCUT2D eigenvalue weighted by Gasteiger charge is 2.17. The Hall–Kier alpha value is -2.14. The summed E-state index contributed by atoms with van der Waals surface area (Å²) < 4.78 is 5.18. The van der Waals surface area contributed by atoms with Crippen molar-refractivity contribution in [1.82, 2.24) is 15.0 Å². The number of nitrogens with zero attached hydrogens (tertiary/aromatic N) is 3. The first-order chi connectivity index (χ1) is 11.5.